The Morgan fingerprint density at radius 1 is 1.08 bits per heavy atom. The Hall–Kier alpha value is -3.02. The molecule has 1 aliphatic rings. The molecular weight excluding hydrogens is 322 g/mol. The van der Waals surface area contributed by atoms with Gasteiger partial charge >= 0.3 is 5.97 Å². The van der Waals surface area contributed by atoms with Crippen LogP contribution in [0.1, 0.15) is 22.8 Å². The lowest BCUT2D eigenvalue weighted by Crippen LogP contribution is -2.25. The summed E-state index contributed by atoms with van der Waals surface area (Å²) in [6, 6.07) is 12.3. The zero-order chi connectivity index (χ0) is 17.6. The number of hydrogen-bond acceptors (Lipinski definition) is 5. The van der Waals surface area contributed by atoms with Crippen LogP contribution in [0.4, 0.5) is 0 Å². The van der Waals surface area contributed by atoms with Crippen LogP contribution in [0.15, 0.2) is 42.5 Å². The molecule has 0 spiro atoms. The quantitative estimate of drug-likeness (QED) is 0.667. The molecule has 0 bridgehead atoms. The van der Waals surface area contributed by atoms with Gasteiger partial charge in [-0.1, -0.05) is 12.1 Å². The van der Waals surface area contributed by atoms with E-state index in [2.05, 4.69) is 5.32 Å². The Kier molecular flexibility index (Phi) is 5.18. The maximum atomic E-state index is 12.2. The van der Waals surface area contributed by atoms with Crippen LogP contribution in [0, 0.1) is 0 Å². The maximum absolute atomic E-state index is 12.2. The van der Waals surface area contributed by atoms with Crippen molar-refractivity contribution in [1.29, 1.82) is 0 Å². The third-order valence-electron chi connectivity index (χ3n) is 3.66. The highest BCUT2D eigenvalue weighted by Crippen LogP contribution is 2.30. The number of hydrogen-bond donors (Lipinski definition) is 1. The fourth-order valence-corrected chi connectivity index (χ4v) is 2.53. The molecule has 3 rings (SSSR count). The number of carbonyl (C=O) groups excluding carboxylic acids is 2. The fourth-order valence-electron chi connectivity index (χ4n) is 2.53. The molecule has 25 heavy (non-hydrogen) atoms. The van der Waals surface area contributed by atoms with Crippen molar-refractivity contribution in [2.24, 2.45) is 0 Å². The van der Waals surface area contributed by atoms with Crippen LogP contribution in [0.3, 0.4) is 0 Å². The monoisotopic (exact) mass is 341 g/mol. The highest BCUT2D eigenvalue weighted by molar-refractivity contribution is 5.94. The smallest absolute Gasteiger partial charge is 0.308 e. The molecule has 1 heterocycles. The molecule has 2 aromatic rings. The standard InChI is InChI=1S/C19H19NO5/c1-13(21)25-16-4-2-3-15(12-16)19(22)20-8-7-14-5-6-17-18(11-14)24-10-9-23-17/h2-6,11-12H,7-10H2,1H3,(H,20,22). The van der Waals surface area contributed by atoms with E-state index in [4.69, 9.17) is 14.2 Å². The first-order valence-corrected chi connectivity index (χ1v) is 8.07. The average Bonchev–Trinajstić information content (AvgIpc) is 2.61. The number of benzene rings is 2. The summed E-state index contributed by atoms with van der Waals surface area (Å²) in [5.41, 5.74) is 1.50. The zero-order valence-electron chi connectivity index (χ0n) is 13.9. The van der Waals surface area contributed by atoms with Crippen molar-refractivity contribution in [3.05, 3.63) is 53.6 Å². The van der Waals surface area contributed by atoms with Gasteiger partial charge in [0.05, 0.1) is 0 Å². The predicted molar refractivity (Wildman–Crippen MR) is 91.2 cm³/mol. The number of esters is 1. The van der Waals surface area contributed by atoms with Crippen molar-refractivity contribution in [3.63, 3.8) is 0 Å². The van der Waals surface area contributed by atoms with Gasteiger partial charge in [0.15, 0.2) is 11.5 Å². The van der Waals surface area contributed by atoms with Crippen LogP contribution in [-0.2, 0) is 11.2 Å². The molecule has 0 aromatic heterocycles. The summed E-state index contributed by atoms with van der Waals surface area (Å²) in [6.45, 7) is 2.91. The predicted octanol–water partition coefficient (Wildman–Crippen LogP) is 2.36. The van der Waals surface area contributed by atoms with Gasteiger partial charge in [0.2, 0.25) is 0 Å². The highest BCUT2D eigenvalue weighted by atomic mass is 16.6. The van der Waals surface area contributed by atoms with Crippen LogP contribution in [0.2, 0.25) is 0 Å². The van der Waals surface area contributed by atoms with Gasteiger partial charge in [0, 0.05) is 19.0 Å². The van der Waals surface area contributed by atoms with E-state index in [0.29, 0.717) is 37.5 Å². The first-order chi connectivity index (χ1) is 12.1. The molecule has 1 amide bonds. The topological polar surface area (TPSA) is 73.9 Å². The number of rotatable bonds is 5. The molecule has 0 unspecified atom stereocenters. The molecule has 130 valence electrons. The molecule has 6 nitrogen and oxygen atoms in total. The van der Waals surface area contributed by atoms with Crippen LogP contribution >= 0.6 is 0 Å². The lowest BCUT2D eigenvalue weighted by atomic mass is 10.1. The first kappa shape index (κ1) is 16.8. The number of ether oxygens (including phenoxy) is 3. The molecule has 1 N–H and O–H groups in total. The summed E-state index contributed by atoms with van der Waals surface area (Å²) >= 11 is 0. The zero-order valence-corrected chi connectivity index (χ0v) is 13.9. The molecule has 6 heteroatoms. The maximum Gasteiger partial charge on any atom is 0.308 e. The Labute approximate surface area is 145 Å². The molecule has 0 radical (unpaired) electrons. The van der Waals surface area contributed by atoms with Crippen molar-refractivity contribution in [2.75, 3.05) is 19.8 Å². The minimum Gasteiger partial charge on any atom is -0.486 e. The van der Waals surface area contributed by atoms with E-state index in [1.807, 2.05) is 18.2 Å². The Balaban J connectivity index is 1.55. The van der Waals surface area contributed by atoms with E-state index in [0.717, 1.165) is 17.1 Å². The van der Waals surface area contributed by atoms with Gasteiger partial charge in [-0.25, -0.2) is 0 Å². The second-order valence-electron chi connectivity index (χ2n) is 5.61. The highest BCUT2D eigenvalue weighted by Gasteiger charge is 2.12. The van der Waals surface area contributed by atoms with E-state index in [9.17, 15) is 9.59 Å². The van der Waals surface area contributed by atoms with E-state index in [1.165, 1.54) is 6.92 Å². The van der Waals surface area contributed by atoms with Gasteiger partial charge in [0.1, 0.15) is 19.0 Å². The van der Waals surface area contributed by atoms with Gasteiger partial charge in [-0.2, -0.15) is 0 Å². The molecule has 1 aliphatic heterocycles. The first-order valence-electron chi connectivity index (χ1n) is 8.07. The van der Waals surface area contributed by atoms with Crippen LogP contribution in [0.5, 0.6) is 17.2 Å². The second kappa shape index (κ2) is 7.70. The summed E-state index contributed by atoms with van der Waals surface area (Å²) in [6.07, 6.45) is 0.673. The average molecular weight is 341 g/mol. The van der Waals surface area contributed by atoms with E-state index in [-0.39, 0.29) is 5.91 Å². The third kappa shape index (κ3) is 4.50. The molecular formula is C19H19NO5. The largest absolute Gasteiger partial charge is 0.486 e. The summed E-state index contributed by atoms with van der Waals surface area (Å²) in [5.74, 6) is 1.21. The summed E-state index contributed by atoms with van der Waals surface area (Å²) < 4.78 is 16.0. The third-order valence-corrected chi connectivity index (χ3v) is 3.66. The van der Waals surface area contributed by atoms with Gasteiger partial charge in [-0.15, -0.1) is 0 Å². The van der Waals surface area contributed by atoms with Gasteiger partial charge in [-0.05, 0) is 42.3 Å². The normalized spacial score (nSPS) is 12.4. The van der Waals surface area contributed by atoms with E-state index in [1.54, 1.807) is 24.3 Å². The number of fused-ring (bicyclic) bond motifs is 1. The molecule has 0 saturated carbocycles. The molecule has 0 atom stereocenters. The minimum atomic E-state index is -0.420. The Morgan fingerprint density at radius 2 is 1.88 bits per heavy atom. The van der Waals surface area contributed by atoms with Crippen molar-refractivity contribution in [1.82, 2.24) is 5.32 Å². The van der Waals surface area contributed by atoms with E-state index < -0.39 is 5.97 Å². The molecule has 0 fully saturated rings. The van der Waals surface area contributed by atoms with Crippen molar-refractivity contribution in [2.45, 2.75) is 13.3 Å². The Bertz CT molecular complexity index is 787. The summed E-state index contributed by atoms with van der Waals surface area (Å²) in [5, 5.41) is 2.86. The number of carbonyl (C=O) groups is 2. The number of amides is 1. The summed E-state index contributed by atoms with van der Waals surface area (Å²) in [4.78, 5) is 23.2. The van der Waals surface area contributed by atoms with Gasteiger partial charge in [-0.3, -0.25) is 9.59 Å². The number of nitrogens with one attached hydrogen (secondary N) is 1. The summed E-state index contributed by atoms with van der Waals surface area (Å²) in [7, 11) is 0. The van der Waals surface area contributed by atoms with E-state index >= 15 is 0 Å². The van der Waals surface area contributed by atoms with Gasteiger partial charge < -0.3 is 19.5 Å². The molecule has 0 aliphatic carbocycles. The lowest BCUT2D eigenvalue weighted by Gasteiger charge is -2.18. The van der Waals surface area contributed by atoms with Gasteiger partial charge in [0.25, 0.3) is 5.91 Å². The SMILES string of the molecule is CC(=O)Oc1cccc(C(=O)NCCc2ccc3c(c2)OCCO3)c1. The molecule has 2 aromatic carbocycles. The van der Waals surface area contributed by atoms with Crippen molar-refractivity contribution >= 4 is 11.9 Å². The Morgan fingerprint density at radius 3 is 2.68 bits per heavy atom. The fraction of sp³-hybridized carbons (Fsp3) is 0.263. The lowest BCUT2D eigenvalue weighted by molar-refractivity contribution is -0.131. The minimum absolute atomic E-state index is 0.216. The van der Waals surface area contributed by atoms with Crippen LogP contribution in [0.25, 0.3) is 0 Å². The van der Waals surface area contributed by atoms with Crippen LogP contribution in [-0.4, -0.2) is 31.6 Å². The second-order valence-corrected chi connectivity index (χ2v) is 5.61. The van der Waals surface area contributed by atoms with Crippen molar-refractivity contribution in [3.8, 4) is 17.2 Å². The molecule has 0 saturated heterocycles. The van der Waals surface area contributed by atoms with Crippen LogP contribution < -0.4 is 19.5 Å². The van der Waals surface area contributed by atoms with Crippen molar-refractivity contribution < 1.29 is 23.8 Å².